The van der Waals surface area contributed by atoms with E-state index in [1.54, 1.807) is 0 Å². The van der Waals surface area contributed by atoms with E-state index in [2.05, 4.69) is 49.6 Å². The molecule has 2 nitrogen and oxygen atoms in total. The van der Waals surface area contributed by atoms with Crippen LogP contribution in [0, 0.1) is 11.3 Å². The third-order valence-corrected chi connectivity index (χ3v) is 10.0. The summed E-state index contributed by atoms with van der Waals surface area (Å²) in [7, 11) is -2.37. The molecule has 0 aromatic rings. The van der Waals surface area contributed by atoms with Crippen LogP contribution in [0.15, 0.2) is 0 Å². The van der Waals surface area contributed by atoms with Crippen LogP contribution in [0.2, 0.25) is 39.3 Å². The smallest absolute Gasteiger partial charge is 0.112 e. The highest BCUT2D eigenvalue weighted by molar-refractivity contribution is 6.89. The second-order valence-corrected chi connectivity index (χ2v) is 16.0. The van der Waals surface area contributed by atoms with E-state index in [9.17, 15) is 0 Å². The molecular weight excluding hydrogens is 204 g/mol. The lowest BCUT2D eigenvalue weighted by Gasteiger charge is -2.43. The highest BCUT2D eigenvalue weighted by atomic mass is 28.4. The second kappa shape index (κ2) is 5.10. The molecule has 0 aromatic carbocycles. The molecule has 0 bridgehead atoms. The minimum atomic E-state index is -1.19. The van der Waals surface area contributed by atoms with Gasteiger partial charge in [-0.15, -0.1) is 0 Å². The summed E-state index contributed by atoms with van der Waals surface area (Å²) in [5, 5.41) is 8.54. The number of rotatable bonds is 5. The van der Waals surface area contributed by atoms with E-state index in [-0.39, 0.29) is 0 Å². The quantitative estimate of drug-likeness (QED) is 0.533. The van der Waals surface area contributed by atoms with Crippen molar-refractivity contribution in [3.05, 3.63) is 0 Å². The van der Waals surface area contributed by atoms with E-state index in [0.29, 0.717) is 6.42 Å². The van der Waals surface area contributed by atoms with Crippen LogP contribution in [0.25, 0.3) is 0 Å². The van der Waals surface area contributed by atoms with Crippen LogP contribution in [0.3, 0.4) is 0 Å². The normalized spacial score (nSPS) is 13.0. The van der Waals surface area contributed by atoms with Crippen LogP contribution < -0.4 is 0 Å². The standard InChI is InChI=1S/C10H24N2Si2/c1-13(2,3)12(14(4,5)6)10-8-7-9-11/h7-8,10H2,1-6H3. The van der Waals surface area contributed by atoms with E-state index in [4.69, 9.17) is 5.26 Å². The number of nitrogens with zero attached hydrogens (tertiary/aromatic N) is 2. The summed E-state index contributed by atoms with van der Waals surface area (Å²) >= 11 is 0. The lowest BCUT2D eigenvalue weighted by atomic mass is 10.3. The molecule has 0 radical (unpaired) electrons. The van der Waals surface area contributed by atoms with Crippen molar-refractivity contribution in [1.82, 2.24) is 4.23 Å². The zero-order valence-corrected chi connectivity index (χ0v) is 12.5. The van der Waals surface area contributed by atoms with Gasteiger partial charge in [0.1, 0.15) is 16.5 Å². The van der Waals surface area contributed by atoms with Gasteiger partial charge in [-0.1, -0.05) is 39.3 Å². The Morgan fingerprint density at radius 2 is 1.43 bits per heavy atom. The van der Waals surface area contributed by atoms with Crippen molar-refractivity contribution < 1.29 is 0 Å². The summed E-state index contributed by atoms with van der Waals surface area (Å²) < 4.78 is 2.73. The van der Waals surface area contributed by atoms with E-state index in [1.807, 2.05) is 0 Å². The molecule has 0 unspecified atom stereocenters. The molecule has 0 atom stereocenters. The molecule has 0 heterocycles. The fourth-order valence-corrected chi connectivity index (χ4v) is 11.7. The van der Waals surface area contributed by atoms with E-state index >= 15 is 0 Å². The van der Waals surface area contributed by atoms with Crippen LogP contribution in [-0.4, -0.2) is 27.2 Å². The third kappa shape index (κ3) is 4.94. The van der Waals surface area contributed by atoms with Gasteiger partial charge in [-0.2, -0.15) is 5.26 Å². The highest BCUT2D eigenvalue weighted by Gasteiger charge is 2.33. The molecule has 82 valence electrons. The molecule has 0 fully saturated rings. The van der Waals surface area contributed by atoms with Gasteiger partial charge in [0.2, 0.25) is 0 Å². The largest absolute Gasteiger partial charge is 0.346 e. The minimum Gasteiger partial charge on any atom is -0.346 e. The predicted molar refractivity (Wildman–Crippen MR) is 68.2 cm³/mol. The fourth-order valence-electron chi connectivity index (χ4n) is 1.99. The predicted octanol–water partition coefficient (Wildman–Crippen LogP) is 3.26. The summed E-state index contributed by atoms with van der Waals surface area (Å²) in [6.07, 6.45) is 1.73. The van der Waals surface area contributed by atoms with Crippen molar-refractivity contribution in [3.63, 3.8) is 0 Å². The van der Waals surface area contributed by atoms with Gasteiger partial charge in [0.05, 0.1) is 6.07 Å². The number of nitriles is 1. The molecule has 4 heteroatoms. The first-order valence-electron chi connectivity index (χ1n) is 5.34. The van der Waals surface area contributed by atoms with Crippen molar-refractivity contribution in [1.29, 1.82) is 5.26 Å². The summed E-state index contributed by atoms with van der Waals surface area (Å²) in [6.45, 7) is 15.5. The topological polar surface area (TPSA) is 27.0 Å². The van der Waals surface area contributed by atoms with Gasteiger partial charge in [0.15, 0.2) is 0 Å². The number of hydrogen-bond donors (Lipinski definition) is 0. The lowest BCUT2D eigenvalue weighted by molar-refractivity contribution is 0.587. The minimum absolute atomic E-state index is 0.700. The first-order chi connectivity index (χ1) is 6.19. The van der Waals surface area contributed by atoms with Crippen molar-refractivity contribution in [3.8, 4) is 6.07 Å². The highest BCUT2D eigenvalue weighted by Crippen LogP contribution is 2.20. The van der Waals surface area contributed by atoms with Crippen LogP contribution in [-0.2, 0) is 0 Å². The first kappa shape index (κ1) is 13.9. The summed E-state index contributed by atoms with van der Waals surface area (Å²) in [5.74, 6) is 0. The van der Waals surface area contributed by atoms with Gasteiger partial charge in [-0.05, 0) is 13.0 Å². The second-order valence-electron chi connectivity index (χ2n) is 5.75. The van der Waals surface area contributed by atoms with Gasteiger partial charge < -0.3 is 4.23 Å². The van der Waals surface area contributed by atoms with Crippen LogP contribution in [0.4, 0.5) is 0 Å². The van der Waals surface area contributed by atoms with E-state index < -0.39 is 16.5 Å². The maximum atomic E-state index is 8.54. The molecule has 0 aliphatic carbocycles. The zero-order chi connectivity index (χ0) is 11.4. The molecule has 0 N–H and O–H groups in total. The molecule has 0 aliphatic rings. The van der Waals surface area contributed by atoms with Crippen LogP contribution in [0.1, 0.15) is 12.8 Å². The van der Waals surface area contributed by atoms with Crippen LogP contribution >= 0.6 is 0 Å². The Balaban J connectivity index is 4.37. The number of hydrogen-bond acceptors (Lipinski definition) is 2. The maximum Gasteiger partial charge on any atom is 0.112 e. The molecular formula is C10H24N2Si2. The molecule has 0 rings (SSSR count). The van der Waals surface area contributed by atoms with Gasteiger partial charge in [0.25, 0.3) is 0 Å². The van der Waals surface area contributed by atoms with Gasteiger partial charge in [-0.3, -0.25) is 0 Å². The van der Waals surface area contributed by atoms with Crippen molar-refractivity contribution >= 4 is 16.5 Å². The third-order valence-electron chi connectivity index (χ3n) is 2.29. The molecule has 0 saturated heterocycles. The van der Waals surface area contributed by atoms with Gasteiger partial charge in [-0.25, -0.2) is 0 Å². The fraction of sp³-hybridized carbons (Fsp3) is 0.900. The van der Waals surface area contributed by atoms with Crippen molar-refractivity contribution in [2.45, 2.75) is 52.1 Å². The molecule has 0 saturated carbocycles. The summed E-state index contributed by atoms with van der Waals surface area (Å²) in [5.41, 5.74) is 0. The Kier molecular flexibility index (Phi) is 5.06. The molecule has 0 aliphatic heterocycles. The Hall–Kier alpha value is -0.116. The zero-order valence-electron chi connectivity index (χ0n) is 10.5. The Morgan fingerprint density at radius 1 is 1.00 bits per heavy atom. The average molecular weight is 228 g/mol. The Bertz CT molecular complexity index is 194. The maximum absolute atomic E-state index is 8.54. The number of unbranched alkanes of at least 4 members (excludes halogenated alkanes) is 1. The SMILES string of the molecule is C[Si](C)(C)N(CCCC#N)[Si](C)(C)C. The monoisotopic (exact) mass is 228 g/mol. The van der Waals surface area contributed by atoms with E-state index in [1.165, 1.54) is 0 Å². The Morgan fingerprint density at radius 3 is 1.71 bits per heavy atom. The van der Waals surface area contributed by atoms with Crippen LogP contribution in [0.5, 0.6) is 0 Å². The first-order valence-corrected chi connectivity index (χ1v) is 12.2. The van der Waals surface area contributed by atoms with E-state index in [0.717, 1.165) is 13.0 Å². The Labute approximate surface area is 91.1 Å². The van der Waals surface area contributed by atoms with Gasteiger partial charge >= 0.3 is 0 Å². The van der Waals surface area contributed by atoms with Crippen molar-refractivity contribution in [2.75, 3.05) is 6.54 Å². The summed E-state index contributed by atoms with van der Waals surface area (Å²) in [4.78, 5) is 0. The molecule has 0 amide bonds. The molecule has 14 heavy (non-hydrogen) atoms. The molecule has 0 spiro atoms. The van der Waals surface area contributed by atoms with Crippen molar-refractivity contribution in [2.24, 2.45) is 0 Å². The van der Waals surface area contributed by atoms with Gasteiger partial charge in [0, 0.05) is 6.42 Å². The average Bonchev–Trinajstić information content (AvgIpc) is 1.92. The summed E-state index contributed by atoms with van der Waals surface area (Å²) in [6, 6.07) is 2.23. The lowest BCUT2D eigenvalue weighted by Crippen LogP contribution is -2.59. The molecule has 0 aromatic heterocycles.